The predicted molar refractivity (Wildman–Crippen MR) is 80.5 cm³/mol. The molecule has 0 saturated carbocycles. The van der Waals surface area contributed by atoms with E-state index in [1.165, 1.54) is 5.56 Å². The molecule has 1 aromatic heterocycles. The first-order valence-electron chi connectivity index (χ1n) is 6.32. The van der Waals surface area contributed by atoms with E-state index in [4.69, 9.17) is 0 Å². The summed E-state index contributed by atoms with van der Waals surface area (Å²) in [6.07, 6.45) is 0. The van der Waals surface area contributed by atoms with E-state index in [-0.39, 0.29) is 0 Å². The number of rotatable bonds is 5. The first-order chi connectivity index (χ1) is 9.08. The zero-order valence-corrected chi connectivity index (χ0v) is 12.7. The lowest BCUT2D eigenvalue weighted by molar-refractivity contribution is 0.437. The fourth-order valence-corrected chi connectivity index (χ4v) is 2.81. The van der Waals surface area contributed by atoms with Crippen molar-refractivity contribution in [3.63, 3.8) is 0 Å². The summed E-state index contributed by atoms with van der Waals surface area (Å²) in [7, 11) is 6.18. The van der Waals surface area contributed by atoms with Crippen LogP contribution in [0.5, 0.6) is 0 Å². The Bertz CT molecular complexity index is 548. The van der Waals surface area contributed by atoms with E-state index in [9.17, 15) is 0 Å². The highest BCUT2D eigenvalue weighted by Gasteiger charge is 2.11. The third-order valence-electron chi connectivity index (χ3n) is 2.88. The van der Waals surface area contributed by atoms with Crippen LogP contribution in [0.25, 0.3) is 11.4 Å². The monoisotopic (exact) mass is 276 g/mol. The summed E-state index contributed by atoms with van der Waals surface area (Å²) in [5.74, 6) is 1.95. The van der Waals surface area contributed by atoms with Gasteiger partial charge in [0.2, 0.25) is 0 Å². The molecule has 1 aromatic carbocycles. The normalized spacial score (nSPS) is 11.2. The lowest BCUT2D eigenvalue weighted by Crippen LogP contribution is -2.15. The molecule has 1 heterocycles. The van der Waals surface area contributed by atoms with E-state index < -0.39 is 0 Å². The third kappa shape index (κ3) is 3.58. The highest BCUT2D eigenvalue weighted by Crippen LogP contribution is 2.23. The van der Waals surface area contributed by atoms with Gasteiger partial charge in [0.15, 0.2) is 11.0 Å². The van der Waals surface area contributed by atoms with Crippen LogP contribution in [0.3, 0.4) is 0 Å². The largest absolute Gasteiger partial charge is 0.309 e. The number of hydrogen-bond donors (Lipinski definition) is 0. The predicted octanol–water partition coefficient (Wildman–Crippen LogP) is 2.44. The molecule has 0 bridgehead atoms. The van der Waals surface area contributed by atoms with E-state index >= 15 is 0 Å². The molecule has 102 valence electrons. The Kier molecular flexibility index (Phi) is 4.61. The topological polar surface area (TPSA) is 34.0 Å². The lowest BCUT2D eigenvalue weighted by Gasteiger charge is -2.08. The summed E-state index contributed by atoms with van der Waals surface area (Å²) in [6, 6.07) is 8.36. The van der Waals surface area contributed by atoms with Crippen molar-refractivity contribution in [2.45, 2.75) is 12.1 Å². The van der Waals surface area contributed by atoms with Gasteiger partial charge in [-0.2, -0.15) is 0 Å². The van der Waals surface area contributed by atoms with Gasteiger partial charge in [0, 0.05) is 24.9 Å². The molecule has 5 heteroatoms. The van der Waals surface area contributed by atoms with Crippen LogP contribution in [0, 0.1) is 6.92 Å². The quantitative estimate of drug-likeness (QED) is 0.786. The molecule has 0 N–H and O–H groups in total. The van der Waals surface area contributed by atoms with Crippen molar-refractivity contribution in [3.05, 3.63) is 29.8 Å². The summed E-state index contributed by atoms with van der Waals surface area (Å²) in [4.78, 5) is 2.17. The van der Waals surface area contributed by atoms with E-state index in [0.717, 1.165) is 28.8 Å². The van der Waals surface area contributed by atoms with Crippen molar-refractivity contribution in [1.29, 1.82) is 0 Å². The summed E-state index contributed by atoms with van der Waals surface area (Å²) < 4.78 is 2.06. The average Bonchev–Trinajstić information content (AvgIpc) is 2.71. The van der Waals surface area contributed by atoms with Crippen LogP contribution >= 0.6 is 11.8 Å². The van der Waals surface area contributed by atoms with Gasteiger partial charge in [0.05, 0.1) is 0 Å². The van der Waals surface area contributed by atoms with Crippen LogP contribution < -0.4 is 0 Å². The fraction of sp³-hybridized carbons (Fsp3) is 0.429. The minimum absolute atomic E-state index is 0.927. The molecule has 0 saturated heterocycles. The van der Waals surface area contributed by atoms with Crippen molar-refractivity contribution < 1.29 is 0 Å². The molecular weight excluding hydrogens is 256 g/mol. The zero-order chi connectivity index (χ0) is 13.8. The number of hydrogen-bond acceptors (Lipinski definition) is 4. The van der Waals surface area contributed by atoms with Crippen LogP contribution in [0.1, 0.15) is 5.56 Å². The lowest BCUT2D eigenvalue weighted by atomic mass is 10.1. The van der Waals surface area contributed by atoms with Crippen molar-refractivity contribution in [1.82, 2.24) is 19.7 Å². The van der Waals surface area contributed by atoms with Gasteiger partial charge in [0.25, 0.3) is 0 Å². The number of aromatic nitrogens is 3. The molecule has 0 spiro atoms. The molecule has 2 rings (SSSR count). The Morgan fingerprint density at radius 1 is 1.26 bits per heavy atom. The maximum Gasteiger partial charge on any atom is 0.191 e. The molecular formula is C14H20N4S. The number of thioether (sulfide) groups is 1. The second-order valence-electron chi connectivity index (χ2n) is 4.89. The molecule has 19 heavy (non-hydrogen) atoms. The smallest absolute Gasteiger partial charge is 0.191 e. The van der Waals surface area contributed by atoms with Gasteiger partial charge in [-0.1, -0.05) is 35.5 Å². The van der Waals surface area contributed by atoms with Crippen LogP contribution in [-0.4, -0.2) is 46.1 Å². The Morgan fingerprint density at radius 3 is 2.74 bits per heavy atom. The molecule has 4 nitrogen and oxygen atoms in total. The standard InChI is InChI=1S/C14H20N4S/c1-11-6-5-7-12(10-11)13-15-16-14(18(13)4)19-9-8-17(2)3/h5-7,10H,8-9H2,1-4H3. The molecule has 0 unspecified atom stereocenters. The highest BCUT2D eigenvalue weighted by molar-refractivity contribution is 7.99. The molecule has 0 aliphatic rings. The number of aryl methyl sites for hydroxylation is 1. The average molecular weight is 276 g/mol. The maximum absolute atomic E-state index is 4.30. The SMILES string of the molecule is Cc1cccc(-c2nnc(SCCN(C)C)n2C)c1. The summed E-state index contributed by atoms with van der Waals surface area (Å²) in [5, 5.41) is 9.55. The minimum atomic E-state index is 0.927. The molecule has 0 amide bonds. The van der Waals surface area contributed by atoms with Gasteiger partial charge in [-0.15, -0.1) is 10.2 Å². The Labute approximate surface area is 118 Å². The zero-order valence-electron chi connectivity index (χ0n) is 11.9. The summed E-state index contributed by atoms with van der Waals surface area (Å²) >= 11 is 1.74. The van der Waals surface area contributed by atoms with Gasteiger partial charge >= 0.3 is 0 Å². The van der Waals surface area contributed by atoms with Gasteiger partial charge in [-0.05, 0) is 27.1 Å². The summed E-state index contributed by atoms with van der Waals surface area (Å²) in [6.45, 7) is 3.13. The van der Waals surface area contributed by atoms with Gasteiger partial charge in [-0.3, -0.25) is 0 Å². The Morgan fingerprint density at radius 2 is 2.05 bits per heavy atom. The maximum atomic E-state index is 4.30. The number of nitrogens with zero attached hydrogens (tertiary/aromatic N) is 4. The Hall–Kier alpha value is -1.33. The van der Waals surface area contributed by atoms with Crippen molar-refractivity contribution in [3.8, 4) is 11.4 Å². The number of benzene rings is 1. The molecule has 0 radical (unpaired) electrons. The van der Waals surface area contributed by atoms with E-state index in [2.05, 4.69) is 64.9 Å². The van der Waals surface area contributed by atoms with E-state index in [1.54, 1.807) is 11.8 Å². The van der Waals surface area contributed by atoms with Crippen molar-refractivity contribution in [2.24, 2.45) is 7.05 Å². The van der Waals surface area contributed by atoms with Gasteiger partial charge < -0.3 is 9.47 Å². The van der Waals surface area contributed by atoms with E-state index in [0.29, 0.717) is 0 Å². The molecule has 0 aliphatic carbocycles. The summed E-state index contributed by atoms with van der Waals surface area (Å²) in [5.41, 5.74) is 2.36. The molecule has 0 fully saturated rings. The highest BCUT2D eigenvalue weighted by atomic mass is 32.2. The second kappa shape index (κ2) is 6.21. The van der Waals surface area contributed by atoms with Crippen molar-refractivity contribution >= 4 is 11.8 Å². The van der Waals surface area contributed by atoms with Crippen LogP contribution in [0.4, 0.5) is 0 Å². The Balaban J connectivity index is 2.14. The fourth-order valence-electron chi connectivity index (χ4n) is 1.80. The van der Waals surface area contributed by atoms with Crippen molar-refractivity contribution in [2.75, 3.05) is 26.4 Å². The molecule has 0 aliphatic heterocycles. The second-order valence-corrected chi connectivity index (χ2v) is 5.95. The first kappa shape index (κ1) is 14.1. The van der Waals surface area contributed by atoms with Crippen LogP contribution in [-0.2, 0) is 7.05 Å². The molecule has 2 aromatic rings. The van der Waals surface area contributed by atoms with Gasteiger partial charge in [-0.25, -0.2) is 0 Å². The van der Waals surface area contributed by atoms with Gasteiger partial charge in [0.1, 0.15) is 0 Å². The molecule has 0 atom stereocenters. The van der Waals surface area contributed by atoms with E-state index in [1.807, 2.05) is 7.05 Å². The minimum Gasteiger partial charge on any atom is -0.309 e. The van der Waals surface area contributed by atoms with Crippen LogP contribution in [0.15, 0.2) is 29.4 Å². The van der Waals surface area contributed by atoms with Crippen LogP contribution in [0.2, 0.25) is 0 Å². The first-order valence-corrected chi connectivity index (χ1v) is 7.30. The third-order valence-corrected chi connectivity index (χ3v) is 3.88.